The van der Waals surface area contributed by atoms with E-state index in [9.17, 15) is 0 Å². The summed E-state index contributed by atoms with van der Waals surface area (Å²) < 4.78 is 0. The predicted molar refractivity (Wildman–Crippen MR) is 291 cm³/mol. The molecule has 0 heteroatoms. The molecule has 0 fully saturated rings. The molecule has 0 heterocycles. The molecule has 0 amide bonds. The summed E-state index contributed by atoms with van der Waals surface area (Å²) in [5.41, 5.74) is 19.0. The monoisotopic (exact) mass is 879 g/mol. The van der Waals surface area contributed by atoms with Crippen molar-refractivity contribution in [3.63, 3.8) is 0 Å². The Hall–Kier alpha value is -5.46. The van der Waals surface area contributed by atoms with E-state index in [1.165, 1.54) is 96.9 Å². The van der Waals surface area contributed by atoms with Gasteiger partial charge in [0, 0.05) is 16.2 Å². The number of hydrogen-bond donors (Lipinski definition) is 0. The first-order valence-electron chi connectivity index (χ1n) is 26.1. The second kappa shape index (κ2) is 16.9. The Morgan fingerprint density at radius 1 is 0.313 bits per heavy atom. The zero-order valence-corrected chi connectivity index (χ0v) is 42.6. The van der Waals surface area contributed by atoms with Gasteiger partial charge in [-0.3, -0.25) is 0 Å². The largest absolute Gasteiger partial charge is 0.0619 e. The molecule has 12 rings (SSSR count). The van der Waals surface area contributed by atoms with Gasteiger partial charge in [-0.2, -0.15) is 0 Å². The Balaban J connectivity index is 0.000000118. The summed E-state index contributed by atoms with van der Waals surface area (Å²) in [6, 6.07) is 54.9. The summed E-state index contributed by atoms with van der Waals surface area (Å²) in [6.45, 7) is 28.7. The molecule has 4 aliphatic rings. The molecule has 0 bridgehead atoms. The van der Waals surface area contributed by atoms with E-state index in [0.717, 1.165) is 0 Å². The van der Waals surface area contributed by atoms with Crippen LogP contribution in [-0.4, -0.2) is 0 Å². The third-order valence-electron chi connectivity index (χ3n) is 17.9. The minimum atomic E-state index is 0.107. The summed E-state index contributed by atoms with van der Waals surface area (Å²) in [5.74, 6) is 3.50. The molecule has 8 aromatic rings. The van der Waals surface area contributed by atoms with E-state index >= 15 is 0 Å². The quantitative estimate of drug-likeness (QED) is 0.146. The predicted octanol–water partition coefficient (Wildman–Crippen LogP) is 18.5. The minimum absolute atomic E-state index is 0.107. The highest BCUT2D eigenvalue weighted by molar-refractivity contribution is 6.15. The van der Waals surface area contributed by atoms with Gasteiger partial charge in [0.2, 0.25) is 0 Å². The molecule has 0 saturated heterocycles. The summed E-state index contributed by atoms with van der Waals surface area (Å²) >= 11 is 0. The van der Waals surface area contributed by atoms with Crippen LogP contribution in [0, 0.1) is 35.5 Å². The lowest BCUT2D eigenvalue weighted by atomic mass is 9.62. The van der Waals surface area contributed by atoms with E-state index in [2.05, 4.69) is 229 Å². The molecule has 0 saturated carbocycles. The standard InChI is InChI=1S/C23H28.C23H24.C21H22/c2*1-15(2)23(16(3)4)20-12-8-7-11-19(20)22-18-10-6-5-9-17(18)13-14-21(22)23;1-13(2)21(14(3)4)17-9-5-7-15-11-12-16-8-6-10-18(21)20(16)19(15)17/h7-8,11-16H,5-6,9-10H2,1-4H3;5-16H,1-4H3;5-14H,1-4H3. The number of fused-ring (bicyclic) bond motifs is 10. The summed E-state index contributed by atoms with van der Waals surface area (Å²) in [6.07, 6.45) is 5.23. The zero-order chi connectivity index (χ0) is 47.2. The molecule has 0 aromatic heterocycles. The maximum atomic E-state index is 2.47. The lowest BCUT2D eigenvalue weighted by molar-refractivity contribution is 0.280. The van der Waals surface area contributed by atoms with Crippen LogP contribution >= 0.6 is 0 Å². The highest BCUT2D eigenvalue weighted by Crippen LogP contribution is 2.60. The van der Waals surface area contributed by atoms with Crippen LogP contribution in [0.25, 0.3) is 54.6 Å². The van der Waals surface area contributed by atoms with Gasteiger partial charge in [-0.25, -0.2) is 0 Å². The van der Waals surface area contributed by atoms with Crippen LogP contribution in [0.5, 0.6) is 0 Å². The van der Waals surface area contributed by atoms with Gasteiger partial charge in [0.1, 0.15) is 0 Å². The second-order valence-corrected chi connectivity index (χ2v) is 22.5. The maximum absolute atomic E-state index is 2.47. The van der Waals surface area contributed by atoms with Crippen molar-refractivity contribution in [1.29, 1.82) is 0 Å². The van der Waals surface area contributed by atoms with Crippen molar-refractivity contribution in [3.8, 4) is 22.3 Å². The van der Waals surface area contributed by atoms with Crippen molar-refractivity contribution in [2.24, 2.45) is 35.5 Å². The highest BCUT2D eigenvalue weighted by atomic mass is 14.5. The van der Waals surface area contributed by atoms with Crippen molar-refractivity contribution in [2.45, 2.75) is 125 Å². The van der Waals surface area contributed by atoms with Crippen LogP contribution in [0.15, 0.2) is 146 Å². The Morgan fingerprint density at radius 2 is 0.701 bits per heavy atom. The topological polar surface area (TPSA) is 0 Å². The molecule has 0 spiro atoms. The zero-order valence-electron chi connectivity index (χ0n) is 42.6. The Bertz CT molecular complexity index is 3070. The smallest absolute Gasteiger partial charge is 0.0261 e. The number of hydrogen-bond acceptors (Lipinski definition) is 0. The first kappa shape index (κ1) is 45.3. The van der Waals surface area contributed by atoms with Crippen LogP contribution in [0.1, 0.15) is 140 Å². The second-order valence-electron chi connectivity index (χ2n) is 22.5. The van der Waals surface area contributed by atoms with E-state index in [-0.39, 0.29) is 16.2 Å². The summed E-state index contributed by atoms with van der Waals surface area (Å²) in [5, 5.41) is 8.48. The van der Waals surface area contributed by atoms with Gasteiger partial charge in [-0.1, -0.05) is 229 Å². The van der Waals surface area contributed by atoms with Crippen molar-refractivity contribution in [3.05, 3.63) is 190 Å². The fourth-order valence-electron chi connectivity index (χ4n) is 15.5. The van der Waals surface area contributed by atoms with Crippen molar-refractivity contribution in [2.75, 3.05) is 0 Å². The van der Waals surface area contributed by atoms with Crippen LogP contribution in [0.4, 0.5) is 0 Å². The molecular weight excluding hydrogens is 805 g/mol. The lowest BCUT2D eigenvalue weighted by Crippen LogP contribution is -2.37. The van der Waals surface area contributed by atoms with Gasteiger partial charge in [0.15, 0.2) is 0 Å². The normalized spacial score (nSPS) is 16.4. The minimum Gasteiger partial charge on any atom is -0.0619 e. The average Bonchev–Trinajstić information content (AvgIpc) is 3.94. The number of aryl methyl sites for hydroxylation is 1. The summed E-state index contributed by atoms with van der Waals surface area (Å²) in [4.78, 5) is 0. The number of benzene rings is 8. The molecular formula is C67H74. The Labute approximate surface area is 403 Å². The van der Waals surface area contributed by atoms with Crippen LogP contribution in [-0.2, 0) is 29.1 Å². The maximum Gasteiger partial charge on any atom is 0.0261 e. The Morgan fingerprint density at radius 3 is 1.24 bits per heavy atom. The van der Waals surface area contributed by atoms with Crippen LogP contribution in [0.2, 0.25) is 0 Å². The van der Waals surface area contributed by atoms with E-state index in [4.69, 9.17) is 0 Å². The van der Waals surface area contributed by atoms with E-state index < -0.39 is 0 Å². The molecule has 4 aliphatic carbocycles. The van der Waals surface area contributed by atoms with E-state index in [1.807, 2.05) is 0 Å². The SMILES string of the molecule is CC(C)C1(C(C)C)c2cccc3ccc4cccc1c4c23.CC(C)C1(C(C)C)c2ccccc2-c2c1ccc1c2CCCC1.CC(C)C1(C(C)C)c2ccccc2-c2c1ccc1ccccc21. The number of rotatable bonds is 6. The Kier molecular flexibility index (Phi) is 11.5. The van der Waals surface area contributed by atoms with Crippen LogP contribution in [0.3, 0.4) is 0 Å². The molecule has 0 unspecified atom stereocenters. The van der Waals surface area contributed by atoms with Gasteiger partial charge >= 0.3 is 0 Å². The fraction of sp³-hybridized carbons (Fsp3) is 0.373. The van der Waals surface area contributed by atoms with Crippen molar-refractivity contribution in [1.82, 2.24) is 0 Å². The van der Waals surface area contributed by atoms with Crippen LogP contribution < -0.4 is 0 Å². The van der Waals surface area contributed by atoms with Crippen molar-refractivity contribution >= 4 is 32.3 Å². The molecule has 0 nitrogen and oxygen atoms in total. The summed E-state index contributed by atoms with van der Waals surface area (Å²) in [7, 11) is 0. The molecule has 67 heavy (non-hydrogen) atoms. The molecule has 0 N–H and O–H groups in total. The first-order valence-corrected chi connectivity index (χ1v) is 26.1. The molecule has 342 valence electrons. The average molecular weight is 879 g/mol. The van der Waals surface area contributed by atoms with Gasteiger partial charge < -0.3 is 0 Å². The third-order valence-corrected chi connectivity index (χ3v) is 17.9. The lowest BCUT2D eigenvalue weighted by Gasteiger charge is -2.40. The van der Waals surface area contributed by atoms with Gasteiger partial charge in [-0.15, -0.1) is 0 Å². The van der Waals surface area contributed by atoms with Gasteiger partial charge in [0.05, 0.1) is 0 Å². The van der Waals surface area contributed by atoms with Crippen molar-refractivity contribution < 1.29 is 0 Å². The van der Waals surface area contributed by atoms with Gasteiger partial charge in [0.25, 0.3) is 0 Å². The van der Waals surface area contributed by atoms with E-state index in [0.29, 0.717) is 35.5 Å². The first-order chi connectivity index (χ1) is 32.2. The molecule has 8 aromatic carbocycles. The third kappa shape index (κ3) is 6.30. The molecule has 0 radical (unpaired) electrons. The van der Waals surface area contributed by atoms with Gasteiger partial charge in [-0.05, 0) is 160 Å². The fourth-order valence-corrected chi connectivity index (χ4v) is 15.5. The molecule has 0 aliphatic heterocycles. The molecule has 0 atom stereocenters. The van der Waals surface area contributed by atoms with E-state index in [1.54, 1.807) is 27.8 Å². The highest BCUT2D eigenvalue weighted by Gasteiger charge is 2.50.